The molecule has 0 bridgehead atoms. The van der Waals surface area contributed by atoms with Crippen LogP contribution in [0.1, 0.15) is 27.2 Å². The van der Waals surface area contributed by atoms with Crippen molar-refractivity contribution in [2.75, 3.05) is 0 Å². The summed E-state index contributed by atoms with van der Waals surface area (Å²) < 4.78 is 0. The Bertz CT molecular complexity index is 199. The number of hydrogen-bond acceptors (Lipinski definition) is 1. The highest BCUT2D eigenvalue weighted by Crippen LogP contribution is 2.31. The summed E-state index contributed by atoms with van der Waals surface area (Å²) in [6.07, 6.45) is 5.52. The Kier molecular flexibility index (Phi) is 2.83. The van der Waals surface area contributed by atoms with Crippen LogP contribution >= 0.6 is 12.6 Å². The van der Waals surface area contributed by atoms with Gasteiger partial charge < -0.3 is 0 Å². The molecular weight excluding hydrogens is 152 g/mol. The molecule has 0 radical (unpaired) electrons. The predicted octanol–water partition coefficient (Wildman–Crippen LogP) is 3.42. The van der Waals surface area contributed by atoms with Crippen LogP contribution in [0.5, 0.6) is 0 Å². The van der Waals surface area contributed by atoms with Crippen LogP contribution in [0.4, 0.5) is 0 Å². The van der Waals surface area contributed by atoms with E-state index < -0.39 is 0 Å². The minimum atomic E-state index is 0.715. The summed E-state index contributed by atoms with van der Waals surface area (Å²) in [5.41, 5.74) is 1.45. The van der Waals surface area contributed by atoms with Gasteiger partial charge in [0, 0.05) is 4.91 Å². The van der Waals surface area contributed by atoms with Gasteiger partial charge in [0.25, 0.3) is 0 Å². The number of thiol groups is 1. The topological polar surface area (TPSA) is 0 Å². The van der Waals surface area contributed by atoms with Crippen molar-refractivity contribution in [3.63, 3.8) is 0 Å². The lowest BCUT2D eigenvalue weighted by atomic mass is 9.83. The van der Waals surface area contributed by atoms with Crippen molar-refractivity contribution < 1.29 is 0 Å². The highest BCUT2D eigenvalue weighted by atomic mass is 32.1. The Morgan fingerprint density at radius 1 is 1.55 bits per heavy atom. The molecule has 0 fully saturated rings. The van der Waals surface area contributed by atoms with Crippen LogP contribution in [-0.2, 0) is 0 Å². The maximum absolute atomic E-state index is 4.40. The van der Waals surface area contributed by atoms with Crippen LogP contribution in [0.3, 0.4) is 0 Å². The van der Waals surface area contributed by atoms with Crippen LogP contribution in [0.25, 0.3) is 0 Å². The fourth-order valence-electron chi connectivity index (χ4n) is 1.60. The van der Waals surface area contributed by atoms with Crippen molar-refractivity contribution in [2.24, 2.45) is 11.8 Å². The van der Waals surface area contributed by atoms with Crippen molar-refractivity contribution >= 4 is 12.6 Å². The maximum atomic E-state index is 4.40. The molecule has 1 atom stereocenters. The van der Waals surface area contributed by atoms with E-state index in [0.29, 0.717) is 5.92 Å². The molecule has 0 saturated heterocycles. The van der Waals surface area contributed by atoms with Gasteiger partial charge in [-0.1, -0.05) is 31.6 Å². The summed E-state index contributed by atoms with van der Waals surface area (Å²) in [4.78, 5) is 1.16. The summed E-state index contributed by atoms with van der Waals surface area (Å²) in [6.45, 7) is 6.74. The van der Waals surface area contributed by atoms with Gasteiger partial charge in [0.05, 0.1) is 0 Å². The molecule has 1 aliphatic rings. The van der Waals surface area contributed by atoms with Gasteiger partial charge in [0.2, 0.25) is 0 Å². The molecule has 0 N–H and O–H groups in total. The van der Waals surface area contributed by atoms with E-state index in [1.165, 1.54) is 12.0 Å². The second-order valence-electron chi connectivity index (χ2n) is 3.56. The number of hydrogen-bond donors (Lipinski definition) is 1. The Morgan fingerprint density at radius 3 is 2.64 bits per heavy atom. The van der Waals surface area contributed by atoms with Gasteiger partial charge >= 0.3 is 0 Å². The van der Waals surface area contributed by atoms with E-state index in [0.717, 1.165) is 10.8 Å². The molecule has 11 heavy (non-hydrogen) atoms. The fourth-order valence-corrected chi connectivity index (χ4v) is 1.87. The molecule has 1 rings (SSSR count). The van der Waals surface area contributed by atoms with Crippen LogP contribution in [0.15, 0.2) is 22.6 Å². The third-order valence-corrected chi connectivity index (χ3v) is 2.93. The summed E-state index contributed by atoms with van der Waals surface area (Å²) >= 11 is 4.40. The monoisotopic (exact) mass is 168 g/mol. The fraction of sp³-hybridized carbons (Fsp3) is 0.600. The standard InChI is InChI=1S/C10H16S/c1-7(2)9-5-4-6-10(11)8(9)3/h4,6-7,9,11H,5H2,1-3H3/t9-/m0/s1. The molecule has 0 saturated carbocycles. The van der Waals surface area contributed by atoms with Crippen LogP contribution < -0.4 is 0 Å². The lowest BCUT2D eigenvalue weighted by Crippen LogP contribution is -2.12. The lowest BCUT2D eigenvalue weighted by Gasteiger charge is -2.24. The first-order chi connectivity index (χ1) is 5.13. The number of allylic oxidation sites excluding steroid dienone is 3. The first-order valence-electron chi connectivity index (χ1n) is 4.19. The molecule has 0 unspecified atom stereocenters. The Morgan fingerprint density at radius 2 is 2.18 bits per heavy atom. The summed E-state index contributed by atoms with van der Waals surface area (Å²) in [7, 11) is 0. The van der Waals surface area contributed by atoms with E-state index in [-0.39, 0.29) is 0 Å². The van der Waals surface area contributed by atoms with Crippen LogP contribution in [0.2, 0.25) is 0 Å². The minimum Gasteiger partial charge on any atom is -0.143 e. The molecule has 1 aliphatic carbocycles. The second-order valence-corrected chi connectivity index (χ2v) is 4.04. The zero-order valence-corrected chi connectivity index (χ0v) is 8.36. The van der Waals surface area contributed by atoms with Crippen molar-refractivity contribution in [2.45, 2.75) is 27.2 Å². The van der Waals surface area contributed by atoms with Crippen molar-refractivity contribution in [3.05, 3.63) is 22.6 Å². The Balaban J connectivity index is 2.81. The van der Waals surface area contributed by atoms with Gasteiger partial charge in [-0.3, -0.25) is 0 Å². The zero-order valence-electron chi connectivity index (χ0n) is 7.46. The molecule has 0 aromatic carbocycles. The third kappa shape index (κ3) is 1.90. The maximum Gasteiger partial charge on any atom is 0.00290 e. The highest BCUT2D eigenvalue weighted by molar-refractivity contribution is 7.84. The lowest BCUT2D eigenvalue weighted by molar-refractivity contribution is 0.443. The van der Waals surface area contributed by atoms with Crippen molar-refractivity contribution in [3.8, 4) is 0 Å². The van der Waals surface area contributed by atoms with Gasteiger partial charge in [0.15, 0.2) is 0 Å². The van der Waals surface area contributed by atoms with E-state index in [4.69, 9.17) is 0 Å². The van der Waals surface area contributed by atoms with E-state index in [1.54, 1.807) is 0 Å². The van der Waals surface area contributed by atoms with Crippen LogP contribution in [-0.4, -0.2) is 0 Å². The van der Waals surface area contributed by atoms with Gasteiger partial charge in [0.1, 0.15) is 0 Å². The average Bonchev–Trinajstić information content (AvgIpc) is 1.94. The van der Waals surface area contributed by atoms with Crippen molar-refractivity contribution in [1.29, 1.82) is 0 Å². The molecule has 0 aromatic rings. The SMILES string of the molecule is CC1=C(S)C=CC[C@H]1C(C)C. The Hall–Kier alpha value is -0.170. The van der Waals surface area contributed by atoms with E-state index in [9.17, 15) is 0 Å². The molecule has 0 spiro atoms. The quantitative estimate of drug-likeness (QED) is 0.570. The average molecular weight is 168 g/mol. The van der Waals surface area contributed by atoms with Crippen LogP contribution in [0, 0.1) is 11.8 Å². The van der Waals surface area contributed by atoms with Gasteiger partial charge in [-0.25, -0.2) is 0 Å². The normalized spacial score (nSPS) is 25.0. The Labute approximate surface area is 74.8 Å². The van der Waals surface area contributed by atoms with Gasteiger partial charge in [-0.05, 0) is 25.2 Å². The molecular formula is C10H16S. The molecule has 1 heteroatoms. The van der Waals surface area contributed by atoms with E-state index in [2.05, 4.69) is 45.6 Å². The third-order valence-electron chi connectivity index (χ3n) is 2.43. The van der Waals surface area contributed by atoms with Gasteiger partial charge in [-0.2, -0.15) is 0 Å². The predicted molar refractivity (Wildman–Crippen MR) is 53.8 cm³/mol. The largest absolute Gasteiger partial charge is 0.143 e. The molecule has 0 nitrogen and oxygen atoms in total. The summed E-state index contributed by atoms with van der Waals surface area (Å²) in [5, 5.41) is 0. The first kappa shape index (κ1) is 8.92. The van der Waals surface area contributed by atoms with E-state index in [1.807, 2.05) is 0 Å². The second kappa shape index (κ2) is 3.48. The molecule has 0 aliphatic heterocycles. The van der Waals surface area contributed by atoms with Crippen molar-refractivity contribution in [1.82, 2.24) is 0 Å². The zero-order chi connectivity index (χ0) is 8.43. The van der Waals surface area contributed by atoms with Gasteiger partial charge in [-0.15, -0.1) is 12.6 Å². The summed E-state index contributed by atoms with van der Waals surface area (Å²) in [6, 6.07) is 0. The molecule has 0 amide bonds. The molecule has 0 heterocycles. The smallest absolute Gasteiger partial charge is 0.00290 e. The molecule has 62 valence electrons. The van der Waals surface area contributed by atoms with E-state index >= 15 is 0 Å². The summed E-state index contributed by atoms with van der Waals surface area (Å²) in [5.74, 6) is 1.45. The first-order valence-corrected chi connectivity index (χ1v) is 4.64. The molecule has 0 aromatic heterocycles. The number of rotatable bonds is 1. The minimum absolute atomic E-state index is 0.715. The highest BCUT2D eigenvalue weighted by Gasteiger charge is 2.17.